The molecule has 106 valence electrons. The molecule has 0 atom stereocenters. The molecule has 0 N–H and O–H groups in total. The Hall–Kier alpha value is -1.83. The second-order valence-electron chi connectivity index (χ2n) is 4.77. The molecule has 2 aromatic carbocycles. The predicted molar refractivity (Wildman–Crippen MR) is 81.8 cm³/mol. The van der Waals surface area contributed by atoms with Crippen LogP contribution in [-0.2, 0) is 12.8 Å². The van der Waals surface area contributed by atoms with Gasteiger partial charge in [-0.3, -0.25) is 0 Å². The Labute approximate surface area is 120 Å². The van der Waals surface area contributed by atoms with Crippen LogP contribution in [0.5, 0.6) is 5.75 Å². The fourth-order valence-electron chi connectivity index (χ4n) is 2.42. The maximum atomic E-state index is 13.4. The Morgan fingerprint density at radius 3 is 2.30 bits per heavy atom. The lowest BCUT2D eigenvalue weighted by molar-refractivity contribution is 0.339. The standard InChI is InChI=1S/C18H21FO/c1-4-13-7-9-16(14(5-2)11-13)17-10-8-15(19)12-18(17)20-6-3/h7-12H,4-6H2,1-3H3. The lowest BCUT2D eigenvalue weighted by atomic mass is 9.94. The molecule has 0 saturated carbocycles. The molecule has 0 saturated heterocycles. The highest BCUT2D eigenvalue weighted by Crippen LogP contribution is 2.34. The van der Waals surface area contributed by atoms with Crippen molar-refractivity contribution in [3.05, 3.63) is 53.3 Å². The molecule has 0 aliphatic heterocycles. The maximum Gasteiger partial charge on any atom is 0.130 e. The summed E-state index contributed by atoms with van der Waals surface area (Å²) in [5, 5.41) is 0. The average molecular weight is 272 g/mol. The molecule has 2 aromatic rings. The van der Waals surface area contributed by atoms with E-state index in [-0.39, 0.29) is 5.82 Å². The fourth-order valence-corrected chi connectivity index (χ4v) is 2.42. The van der Waals surface area contributed by atoms with Gasteiger partial charge in [-0.25, -0.2) is 4.39 Å². The summed E-state index contributed by atoms with van der Waals surface area (Å²) in [4.78, 5) is 0. The Bertz CT molecular complexity index is 590. The molecule has 0 aliphatic rings. The van der Waals surface area contributed by atoms with Crippen LogP contribution in [0.3, 0.4) is 0 Å². The van der Waals surface area contributed by atoms with Crippen LogP contribution in [0.25, 0.3) is 11.1 Å². The van der Waals surface area contributed by atoms with Gasteiger partial charge in [0.15, 0.2) is 0 Å². The van der Waals surface area contributed by atoms with E-state index in [1.807, 2.05) is 6.92 Å². The molecule has 20 heavy (non-hydrogen) atoms. The van der Waals surface area contributed by atoms with Gasteiger partial charge in [0, 0.05) is 11.6 Å². The molecular weight excluding hydrogens is 251 g/mol. The lowest BCUT2D eigenvalue weighted by Crippen LogP contribution is -1.97. The first-order valence-corrected chi connectivity index (χ1v) is 7.24. The van der Waals surface area contributed by atoms with E-state index in [2.05, 4.69) is 32.0 Å². The zero-order valence-corrected chi connectivity index (χ0v) is 12.4. The third kappa shape index (κ3) is 3.01. The summed E-state index contributed by atoms with van der Waals surface area (Å²) in [6, 6.07) is 11.2. The molecule has 2 rings (SSSR count). The minimum atomic E-state index is -0.263. The highest BCUT2D eigenvalue weighted by molar-refractivity contribution is 5.73. The van der Waals surface area contributed by atoms with Gasteiger partial charge in [0.2, 0.25) is 0 Å². The number of hydrogen-bond donors (Lipinski definition) is 0. The van der Waals surface area contributed by atoms with Crippen molar-refractivity contribution in [2.24, 2.45) is 0 Å². The molecular formula is C18H21FO. The number of ether oxygens (including phenoxy) is 1. The van der Waals surface area contributed by atoms with Crippen LogP contribution >= 0.6 is 0 Å². The van der Waals surface area contributed by atoms with E-state index in [0.717, 1.165) is 24.0 Å². The number of benzene rings is 2. The minimum Gasteiger partial charge on any atom is -0.493 e. The topological polar surface area (TPSA) is 9.23 Å². The van der Waals surface area contributed by atoms with Gasteiger partial charge in [0.05, 0.1) is 6.61 Å². The number of hydrogen-bond acceptors (Lipinski definition) is 1. The monoisotopic (exact) mass is 272 g/mol. The molecule has 0 radical (unpaired) electrons. The lowest BCUT2D eigenvalue weighted by Gasteiger charge is -2.14. The van der Waals surface area contributed by atoms with E-state index >= 15 is 0 Å². The number of rotatable bonds is 5. The Morgan fingerprint density at radius 2 is 1.65 bits per heavy atom. The first kappa shape index (κ1) is 14.6. The molecule has 0 heterocycles. The average Bonchev–Trinajstić information content (AvgIpc) is 2.47. The first-order chi connectivity index (χ1) is 9.69. The molecule has 0 fully saturated rings. The van der Waals surface area contributed by atoms with Crippen molar-refractivity contribution in [2.45, 2.75) is 33.6 Å². The van der Waals surface area contributed by atoms with E-state index in [0.29, 0.717) is 12.4 Å². The highest BCUT2D eigenvalue weighted by atomic mass is 19.1. The molecule has 0 aliphatic carbocycles. The summed E-state index contributed by atoms with van der Waals surface area (Å²) >= 11 is 0. The summed E-state index contributed by atoms with van der Waals surface area (Å²) < 4.78 is 19.0. The quantitative estimate of drug-likeness (QED) is 0.743. The van der Waals surface area contributed by atoms with Gasteiger partial charge in [0.25, 0.3) is 0 Å². The molecule has 0 amide bonds. The van der Waals surface area contributed by atoms with Gasteiger partial charge < -0.3 is 4.74 Å². The summed E-state index contributed by atoms with van der Waals surface area (Å²) in [5.74, 6) is 0.354. The van der Waals surface area contributed by atoms with Crippen molar-refractivity contribution in [1.82, 2.24) is 0 Å². The summed E-state index contributed by atoms with van der Waals surface area (Å²) in [6.07, 6.45) is 1.97. The molecule has 0 bridgehead atoms. The zero-order valence-electron chi connectivity index (χ0n) is 12.4. The van der Waals surface area contributed by atoms with Crippen LogP contribution < -0.4 is 4.74 Å². The Kier molecular flexibility index (Phi) is 4.78. The third-order valence-electron chi connectivity index (χ3n) is 3.49. The van der Waals surface area contributed by atoms with Gasteiger partial charge >= 0.3 is 0 Å². The van der Waals surface area contributed by atoms with Crippen LogP contribution in [-0.4, -0.2) is 6.61 Å². The van der Waals surface area contributed by atoms with Crippen LogP contribution in [0.15, 0.2) is 36.4 Å². The Balaban J connectivity index is 2.55. The SMILES string of the molecule is CCOc1cc(F)ccc1-c1ccc(CC)cc1CC. The van der Waals surface area contributed by atoms with Crippen molar-refractivity contribution in [3.8, 4) is 16.9 Å². The van der Waals surface area contributed by atoms with Crippen molar-refractivity contribution in [2.75, 3.05) is 6.61 Å². The highest BCUT2D eigenvalue weighted by Gasteiger charge is 2.11. The maximum absolute atomic E-state index is 13.4. The molecule has 0 aromatic heterocycles. The zero-order chi connectivity index (χ0) is 14.5. The third-order valence-corrected chi connectivity index (χ3v) is 3.49. The summed E-state index contributed by atoms with van der Waals surface area (Å²) in [6.45, 7) is 6.74. The fraction of sp³-hybridized carbons (Fsp3) is 0.333. The van der Waals surface area contributed by atoms with Crippen molar-refractivity contribution >= 4 is 0 Å². The largest absolute Gasteiger partial charge is 0.493 e. The van der Waals surface area contributed by atoms with Crippen LogP contribution in [0.2, 0.25) is 0 Å². The predicted octanol–water partition coefficient (Wildman–Crippen LogP) is 5.02. The van der Waals surface area contributed by atoms with Crippen molar-refractivity contribution < 1.29 is 9.13 Å². The first-order valence-electron chi connectivity index (χ1n) is 7.24. The van der Waals surface area contributed by atoms with Crippen LogP contribution in [0.4, 0.5) is 4.39 Å². The molecule has 1 nitrogen and oxygen atoms in total. The smallest absolute Gasteiger partial charge is 0.130 e. The minimum absolute atomic E-state index is 0.263. The second kappa shape index (κ2) is 6.56. The second-order valence-corrected chi connectivity index (χ2v) is 4.77. The van der Waals surface area contributed by atoms with Crippen LogP contribution in [0, 0.1) is 5.82 Å². The Morgan fingerprint density at radius 1 is 0.900 bits per heavy atom. The van der Waals surface area contributed by atoms with Crippen LogP contribution in [0.1, 0.15) is 31.9 Å². The summed E-state index contributed by atoms with van der Waals surface area (Å²) in [7, 11) is 0. The van der Waals surface area contributed by atoms with Gasteiger partial charge in [-0.05, 0) is 48.6 Å². The summed E-state index contributed by atoms with van der Waals surface area (Å²) in [5.41, 5.74) is 4.70. The van der Waals surface area contributed by atoms with Crippen molar-refractivity contribution in [3.63, 3.8) is 0 Å². The van der Waals surface area contributed by atoms with Gasteiger partial charge in [0.1, 0.15) is 11.6 Å². The molecule has 2 heteroatoms. The normalized spacial score (nSPS) is 10.6. The number of halogens is 1. The van der Waals surface area contributed by atoms with E-state index in [1.165, 1.54) is 23.3 Å². The van der Waals surface area contributed by atoms with E-state index in [1.54, 1.807) is 6.07 Å². The van der Waals surface area contributed by atoms with E-state index in [4.69, 9.17) is 4.74 Å². The molecule has 0 unspecified atom stereocenters. The van der Waals surface area contributed by atoms with Gasteiger partial charge in [-0.15, -0.1) is 0 Å². The van der Waals surface area contributed by atoms with E-state index < -0.39 is 0 Å². The van der Waals surface area contributed by atoms with Crippen molar-refractivity contribution in [1.29, 1.82) is 0 Å². The number of aryl methyl sites for hydroxylation is 2. The van der Waals surface area contributed by atoms with E-state index in [9.17, 15) is 4.39 Å². The molecule has 0 spiro atoms. The van der Waals surface area contributed by atoms with Gasteiger partial charge in [-0.2, -0.15) is 0 Å². The van der Waals surface area contributed by atoms with Gasteiger partial charge in [-0.1, -0.05) is 32.0 Å².